The summed E-state index contributed by atoms with van der Waals surface area (Å²) < 4.78 is 62.0. The molecule has 0 fully saturated rings. The molecule has 1 rings (SSSR count). The molecule has 0 radical (unpaired) electrons. The summed E-state index contributed by atoms with van der Waals surface area (Å²) >= 11 is 0. The monoisotopic (exact) mass is 270 g/mol. The molecule has 0 bridgehead atoms. The molecule has 5 nitrogen and oxygen atoms in total. The number of ether oxygens (including phenoxy) is 1. The average molecular weight is 270 g/mol. The maximum absolute atomic E-state index is 11.9. The lowest BCUT2D eigenvalue weighted by Gasteiger charge is -2.10. The van der Waals surface area contributed by atoms with Crippen LogP contribution in [-0.2, 0) is 10.0 Å². The van der Waals surface area contributed by atoms with Gasteiger partial charge in [0.25, 0.3) is 0 Å². The zero-order chi connectivity index (χ0) is 13.3. The van der Waals surface area contributed by atoms with Gasteiger partial charge in [0.2, 0.25) is 10.0 Å². The van der Waals surface area contributed by atoms with Gasteiger partial charge in [-0.05, 0) is 6.07 Å². The Morgan fingerprint density at radius 1 is 1.24 bits per heavy atom. The van der Waals surface area contributed by atoms with Crippen LogP contribution in [0.5, 0.6) is 5.75 Å². The van der Waals surface area contributed by atoms with Crippen molar-refractivity contribution in [1.29, 1.82) is 0 Å². The maximum atomic E-state index is 11.9. The lowest BCUT2D eigenvalue weighted by molar-refractivity contribution is -0.153. The van der Waals surface area contributed by atoms with Gasteiger partial charge >= 0.3 is 6.18 Å². The van der Waals surface area contributed by atoms with Gasteiger partial charge in [-0.3, -0.25) is 0 Å². The highest BCUT2D eigenvalue weighted by Gasteiger charge is 2.28. The lowest BCUT2D eigenvalue weighted by Crippen LogP contribution is -2.19. The highest BCUT2D eigenvalue weighted by atomic mass is 32.2. The van der Waals surface area contributed by atoms with Crippen molar-refractivity contribution in [3.63, 3.8) is 0 Å². The van der Waals surface area contributed by atoms with Crippen molar-refractivity contribution in [3.8, 4) is 5.75 Å². The number of rotatable bonds is 3. The third-order valence-electron chi connectivity index (χ3n) is 1.63. The Labute approximate surface area is 95.2 Å². The number of nitrogen functional groups attached to an aromatic ring is 1. The van der Waals surface area contributed by atoms with Crippen LogP contribution in [0.2, 0.25) is 0 Å². The second-order valence-corrected chi connectivity index (χ2v) is 4.75. The molecule has 0 aliphatic rings. The summed E-state index contributed by atoms with van der Waals surface area (Å²) in [5.41, 5.74) is 5.25. The molecule has 1 aromatic rings. The maximum Gasteiger partial charge on any atom is 0.422 e. The van der Waals surface area contributed by atoms with E-state index in [0.29, 0.717) is 0 Å². The summed E-state index contributed by atoms with van der Waals surface area (Å²) in [7, 11) is -4.04. The fourth-order valence-electron chi connectivity index (χ4n) is 1.01. The van der Waals surface area contributed by atoms with Gasteiger partial charge in [0.15, 0.2) is 6.61 Å². The molecule has 0 saturated heterocycles. The molecule has 0 amide bonds. The van der Waals surface area contributed by atoms with E-state index < -0.39 is 27.7 Å². The Hall–Kier alpha value is -1.48. The van der Waals surface area contributed by atoms with Crippen LogP contribution in [0.1, 0.15) is 0 Å². The summed E-state index contributed by atoms with van der Waals surface area (Å²) in [6.45, 7) is -1.54. The van der Waals surface area contributed by atoms with E-state index in [2.05, 4.69) is 4.74 Å². The number of hydrogen-bond acceptors (Lipinski definition) is 4. The average Bonchev–Trinajstić information content (AvgIpc) is 2.11. The zero-order valence-electron chi connectivity index (χ0n) is 8.36. The molecular formula is C8H9F3N2O3S. The molecule has 17 heavy (non-hydrogen) atoms. The van der Waals surface area contributed by atoms with Crippen molar-refractivity contribution in [2.45, 2.75) is 11.1 Å². The van der Waals surface area contributed by atoms with Gasteiger partial charge in [0.05, 0.1) is 4.90 Å². The highest BCUT2D eigenvalue weighted by molar-refractivity contribution is 7.89. The Morgan fingerprint density at radius 2 is 1.82 bits per heavy atom. The minimum atomic E-state index is -4.52. The third-order valence-corrected chi connectivity index (χ3v) is 2.53. The van der Waals surface area contributed by atoms with Gasteiger partial charge in [-0.15, -0.1) is 0 Å². The second kappa shape index (κ2) is 4.41. The molecule has 9 heteroatoms. The van der Waals surface area contributed by atoms with Crippen molar-refractivity contribution < 1.29 is 26.3 Å². The summed E-state index contributed by atoms with van der Waals surface area (Å²) in [5, 5.41) is 4.82. The molecule has 0 saturated carbocycles. The van der Waals surface area contributed by atoms with Gasteiger partial charge < -0.3 is 10.5 Å². The van der Waals surface area contributed by atoms with Crippen LogP contribution in [0.3, 0.4) is 0 Å². The van der Waals surface area contributed by atoms with Crippen LogP contribution in [0.4, 0.5) is 18.9 Å². The zero-order valence-corrected chi connectivity index (χ0v) is 9.18. The van der Waals surface area contributed by atoms with E-state index >= 15 is 0 Å². The molecule has 4 N–H and O–H groups in total. The number of hydrogen-bond donors (Lipinski definition) is 2. The van der Waals surface area contributed by atoms with E-state index in [0.717, 1.165) is 18.2 Å². The lowest BCUT2D eigenvalue weighted by atomic mass is 10.3. The van der Waals surface area contributed by atoms with E-state index in [4.69, 9.17) is 10.9 Å². The van der Waals surface area contributed by atoms with E-state index in [1.807, 2.05) is 0 Å². The van der Waals surface area contributed by atoms with E-state index in [1.54, 1.807) is 0 Å². The van der Waals surface area contributed by atoms with E-state index in [9.17, 15) is 21.6 Å². The summed E-state index contributed by atoms with van der Waals surface area (Å²) in [4.78, 5) is -0.408. The fraction of sp³-hybridized carbons (Fsp3) is 0.250. The Bertz CT molecular complexity index is 513. The molecular weight excluding hydrogens is 261 g/mol. The van der Waals surface area contributed by atoms with Crippen LogP contribution in [-0.4, -0.2) is 21.2 Å². The number of benzene rings is 1. The van der Waals surface area contributed by atoms with Gasteiger partial charge in [0.1, 0.15) is 5.75 Å². The van der Waals surface area contributed by atoms with Gasteiger partial charge in [0, 0.05) is 17.8 Å². The number of primary sulfonamides is 1. The first-order chi connectivity index (χ1) is 7.58. The normalized spacial score (nSPS) is 12.5. The third kappa shape index (κ3) is 4.49. The van der Waals surface area contributed by atoms with Gasteiger partial charge in [-0.2, -0.15) is 13.2 Å². The van der Waals surface area contributed by atoms with Crippen molar-refractivity contribution in [1.82, 2.24) is 0 Å². The van der Waals surface area contributed by atoms with Gasteiger partial charge in [-0.1, -0.05) is 0 Å². The number of sulfonamides is 1. The van der Waals surface area contributed by atoms with Crippen molar-refractivity contribution in [2.24, 2.45) is 5.14 Å². The predicted molar refractivity (Wildman–Crippen MR) is 53.8 cm³/mol. The van der Waals surface area contributed by atoms with Crippen LogP contribution in [0.15, 0.2) is 23.1 Å². The van der Waals surface area contributed by atoms with E-state index in [-0.39, 0.29) is 11.4 Å². The SMILES string of the molecule is Nc1cc(OCC(F)(F)F)cc(S(N)(=O)=O)c1. The van der Waals surface area contributed by atoms with Crippen LogP contribution in [0, 0.1) is 0 Å². The first-order valence-electron chi connectivity index (χ1n) is 4.21. The first-order valence-corrected chi connectivity index (χ1v) is 5.75. The summed E-state index contributed by atoms with van der Waals surface area (Å²) in [5.74, 6) is -0.314. The summed E-state index contributed by atoms with van der Waals surface area (Å²) in [6.07, 6.45) is -4.52. The van der Waals surface area contributed by atoms with Crippen LogP contribution >= 0.6 is 0 Å². The van der Waals surface area contributed by atoms with Crippen LogP contribution < -0.4 is 15.6 Å². The fourth-order valence-corrected chi connectivity index (χ4v) is 1.59. The van der Waals surface area contributed by atoms with Crippen molar-refractivity contribution >= 4 is 15.7 Å². The topological polar surface area (TPSA) is 95.4 Å². The Morgan fingerprint density at radius 3 is 2.29 bits per heavy atom. The van der Waals surface area contributed by atoms with Gasteiger partial charge in [-0.25, -0.2) is 13.6 Å². The number of alkyl halides is 3. The molecule has 0 aromatic heterocycles. The first kappa shape index (κ1) is 13.6. The van der Waals surface area contributed by atoms with Crippen LogP contribution in [0.25, 0.3) is 0 Å². The molecule has 0 aliphatic heterocycles. The highest BCUT2D eigenvalue weighted by Crippen LogP contribution is 2.23. The summed E-state index contributed by atoms with van der Waals surface area (Å²) in [6, 6.07) is 2.97. The van der Waals surface area contributed by atoms with E-state index in [1.165, 1.54) is 0 Å². The molecule has 0 atom stereocenters. The number of anilines is 1. The number of nitrogens with two attached hydrogens (primary N) is 2. The minimum absolute atomic E-state index is 0.0614. The second-order valence-electron chi connectivity index (χ2n) is 3.19. The Kier molecular flexibility index (Phi) is 3.53. The minimum Gasteiger partial charge on any atom is -0.484 e. The molecule has 1 aromatic carbocycles. The van der Waals surface area contributed by atoms with Crippen molar-refractivity contribution in [2.75, 3.05) is 12.3 Å². The molecule has 0 spiro atoms. The molecule has 96 valence electrons. The van der Waals surface area contributed by atoms with Crippen molar-refractivity contribution in [3.05, 3.63) is 18.2 Å². The quantitative estimate of drug-likeness (QED) is 0.796. The standard InChI is InChI=1S/C8H9F3N2O3S/c9-8(10,11)4-16-6-1-5(12)2-7(3-6)17(13,14)15/h1-3H,4,12H2,(H2,13,14,15). The molecule has 0 aliphatic carbocycles. The predicted octanol–water partition coefficient (Wildman–Crippen LogP) is 0.857. The number of halogens is 3. The largest absolute Gasteiger partial charge is 0.484 e. The molecule has 0 heterocycles. The smallest absolute Gasteiger partial charge is 0.422 e. The Balaban J connectivity index is 2.99. The molecule has 0 unspecified atom stereocenters.